The molecule has 0 fully saturated rings. The van der Waals surface area contributed by atoms with Crippen LogP contribution in [0.3, 0.4) is 0 Å². The van der Waals surface area contributed by atoms with Gasteiger partial charge in [-0.05, 0) is 18.2 Å². The van der Waals surface area contributed by atoms with Crippen molar-refractivity contribution in [3.63, 3.8) is 0 Å². The van der Waals surface area contributed by atoms with Crippen LogP contribution in [0.1, 0.15) is 0 Å². The molecule has 0 aliphatic carbocycles. The highest BCUT2D eigenvalue weighted by molar-refractivity contribution is 5.87. The molecule has 0 saturated heterocycles. The molecule has 1 N–H and O–H groups in total. The first-order chi connectivity index (χ1) is 9.13. The number of carboxylic acids is 1. The molecule has 1 aromatic heterocycles. The maximum atomic E-state index is 12.2. The zero-order valence-corrected chi connectivity index (χ0v) is 10.2. The zero-order chi connectivity index (χ0) is 13.8. The maximum Gasteiger partial charge on any atom is 0.341 e. The Kier molecular flexibility index (Phi) is 3.66. The van der Waals surface area contributed by atoms with Crippen LogP contribution in [-0.2, 0) is 11.3 Å². The Bertz CT molecular complexity index is 687. The van der Waals surface area contributed by atoms with Crippen molar-refractivity contribution < 1.29 is 14.6 Å². The van der Waals surface area contributed by atoms with Gasteiger partial charge in [-0.25, -0.2) is 4.79 Å². The van der Waals surface area contributed by atoms with E-state index in [1.807, 2.05) is 0 Å². The van der Waals surface area contributed by atoms with Crippen molar-refractivity contribution in [3.05, 3.63) is 53.5 Å². The van der Waals surface area contributed by atoms with Crippen LogP contribution in [0.5, 0.6) is 5.75 Å². The van der Waals surface area contributed by atoms with Crippen molar-refractivity contribution in [3.8, 4) is 5.75 Å². The molecule has 5 nitrogen and oxygen atoms in total. The molecule has 0 amide bonds. The van der Waals surface area contributed by atoms with Crippen molar-refractivity contribution in [1.82, 2.24) is 4.57 Å². The molecular formula is C14H13NO4. The van der Waals surface area contributed by atoms with E-state index in [4.69, 9.17) is 9.84 Å². The predicted molar refractivity (Wildman–Crippen MR) is 71.5 cm³/mol. The van der Waals surface area contributed by atoms with Gasteiger partial charge >= 0.3 is 5.97 Å². The summed E-state index contributed by atoms with van der Waals surface area (Å²) in [5, 5.41) is 9.71. The molecule has 0 spiro atoms. The van der Waals surface area contributed by atoms with Gasteiger partial charge in [0.25, 0.3) is 5.56 Å². The quantitative estimate of drug-likeness (QED) is 0.829. The summed E-state index contributed by atoms with van der Waals surface area (Å²) < 4.78 is 6.69. The number of rotatable bonds is 5. The molecule has 0 radical (unpaired) electrons. The lowest BCUT2D eigenvalue weighted by molar-refractivity contribution is -0.139. The first-order valence-corrected chi connectivity index (χ1v) is 5.71. The van der Waals surface area contributed by atoms with E-state index in [0.717, 1.165) is 0 Å². The number of aromatic nitrogens is 1. The molecule has 5 heteroatoms. The van der Waals surface area contributed by atoms with Crippen LogP contribution < -0.4 is 10.3 Å². The number of hydrogen-bond acceptors (Lipinski definition) is 3. The molecule has 0 atom stereocenters. The molecule has 98 valence electrons. The molecule has 1 aromatic carbocycles. The third-order valence-electron chi connectivity index (χ3n) is 2.66. The largest absolute Gasteiger partial charge is 0.481 e. The Hall–Kier alpha value is -2.56. The summed E-state index contributed by atoms with van der Waals surface area (Å²) in [4.78, 5) is 22.7. The molecule has 2 aromatic rings. The van der Waals surface area contributed by atoms with E-state index < -0.39 is 12.6 Å². The molecule has 19 heavy (non-hydrogen) atoms. The smallest absolute Gasteiger partial charge is 0.341 e. The van der Waals surface area contributed by atoms with Gasteiger partial charge in [0.15, 0.2) is 6.61 Å². The summed E-state index contributed by atoms with van der Waals surface area (Å²) in [6.45, 7) is 3.58. The van der Waals surface area contributed by atoms with Gasteiger partial charge in [0.05, 0.1) is 5.39 Å². The molecule has 0 aliphatic heterocycles. The molecule has 0 unspecified atom stereocenters. The summed E-state index contributed by atoms with van der Waals surface area (Å²) in [5.74, 6) is -0.667. The second-order valence-corrected chi connectivity index (χ2v) is 3.96. The van der Waals surface area contributed by atoms with Gasteiger partial charge in [-0.1, -0.05) is 12.1 Å². The molecule has 0 bridgehead atoms. The van der Waals surface area contributed by atoms with E-state index in [2.05, 4.69) is 6.58 Å². The number of hydrogen-bond donors (Lipinski definition) is 1. The topological polar surface area (TPSA) is 68.5 Å². The van der Waals surface area contributed by atoms with E-state index in [-0.39, 0.29) is 5.56 Å². The van der Waals surface area contributed by atoms with Crippen molar-refractivity contribution >= 4 is 16.7 Å². The molecule has 0 aliphatic rings. The average molecular weight is 259 g/mol. The second kappa shape index (κ2) is 5.39. The van der Waals surface area contributed by atoms with Crippen LogP contribution in [0.4, 0.5) is 0 Å². The van der Waals surface area contributed by atoms with Crippen LogP contribution in [0.15, 0.2) is 47.9 Å². The Labute approximate surface area is 109 Å². The van der Waals surface area contributed by atoms with Crippen molar-refractivity contribution in [2.24, 2.45) is 0 Å². The number of allylic oxidation sites excluding steroid dienone is 1. The van der Waals surface area contributed by atoms with Gasteiger partial charge < -0.3 is 14.4 Å². The van der Waals surface area contributed by atoms with E-state index in [1.54, 1.807) is 36.5 Å². The van der Waals surface area contributed by atoms with Gasteiger partial charge in [0, 0.05) is 18.1 Å². The van der Waals surface area contributed by atoms with Crippen molar-refractivity contribution in [1.29, 1.82) is 0 Å². The average Bonchev–Trinajstić information content (AvgIpc) is 2.40. The number of ether oxygens (including phenoxy) is 1. The number of aliphatic carboxylic acids is 1. The fourth-order valence-electron chi connectivity index (χ4n) is 1.84. The Morgan fingerprint density at radius 2 is 2.16 bits per heavy atom. The number of benzene rings is 1. The zero-order valence-electron chi connectivity index (χ0n) is 10.2. The minimum Gasteiger partial charge on any atom is -0.481 e. The van der Waals surface area contributed by atoms with Gasteiger partial charge in [0.2, 0.25) is 0 Å². The first kappa shape index (κ1) is 12.9. The molecule has 1 heterocycles. The summed E-state index contributed by atoms with van der Waals surface area (Å²) in [5.41, 5.74) is -0.154. The van der Waals surface area contributed by atoms with Crippen LogP contribution in [0, 0.1) is 0 Å². The third kappa shape index (κ3) is 2.65. The Balaban J connectivity index is 2.51. The number of fused-ring (bicyclic) bond motifs is 1. The van der Waals surface area contributed by atoms with Gasteiger partial charge in [-0.2, -0.15) is 0 Å². The monoisotopic (exact) mass is 259 g/mol. The summed E-state index contributed by atoms with van der Waals surface area (Å²) in [7, 11) is 0. The third-order valence-corrected chi connectivity index (χ3v) is 2.66. The van der Waals surface area contributed by atoms with Crippen LogP contribution >= 0.6 is 0 Å². The maximum absolute atomic E-state index is 12.2. The lowest BCUT2D eigenvalue weighted by Crippen LogP contribution is -2.19. The summed E-state index contributed by atoms with van der Waals surface area (Å²) >= 11 is 0. The normalized spacial score (nSPS) is 10.3. The van der Waals surface area contributed by atoms with E-state index >= 15 is 0 Å². The fraction of sp³-hybridized carbons (Fsp3) is 0.143. The molecule has 0 saturated carbocycles. The minimum atomic E-state index is -1.06. The van der Waals surface area contributed by atoms with Crippen LogP contribution in [0.2, 0.25) is 0 Å². The highest BCUT2D eigenvalue weighted by atomic mass is 16.5. The number of nitrogens with zero attached hydrogens (tertiary/aromatic N) is 1. The summed E-state index contributed by atoms with van der Waals surface area (Å²) in [6.07, 6.45) is 3.28. The van der Waals surface area contributed by atoms with E-state index in [1.165, 1.54) is 4.57 Å². The highest BCUT2D eigenvalue weighted by Gasteiger charge is 2.08. The number of pyridine rings is 1. The van der Waals surface area contributed by atoms with Gasteiger partial charge in [-0.3, -0.25) is 4.79 Å². The number of carboxylic acid groups (broad SMARTS) is 1. The van der Waals surface area contributed by atoms with Crippen molar-refractivity contribution in [2.75, 3.05) is 6.61 Å². The van der Waals surface area contributed by atoms with Crippen LogP contribution in [0.25, 0.3) is 10.8 Å². The second-order valence-electron chi connectivity index (χ2n) is 3.96. The Morgan fingerprint density at radius 3 is 2.84 bits per heavy atom. The van der Waals surface area contributed by atoms with E-state index in [9.17, 15) is 9.59 Å². The van der Waals surface area contributed by atoms with Gasteiger partial charge in [-0.15, -0.1) is 6.58 Å². The lowest BCUT2D eigenvalue weighted by Gasteiger charge is -2.09. The predicted octanol–water partition coefficient (Wildman–Crippen LogP) is 1.65. The highest BCUT2D eigenvalue weighted by Crippen LogP contribution is 2.22. The molecular weight excluding hydrogens is 246 g/mol. The van der Waals surface area contributed by atoms with Crippen LogP contribution in [-0.4, -0.2) is 22.2 Å². The minimum absolute atomic E-state index is 0.154. The summed E-state index contributed by atoms with van der Waals surface area (Å²) in [6, 6.07) is 6.73. The fourth-order valence-corrected chi connectivity index (χ4v) is 1.84. The van der Waals surface area contributed by atoms with Gasteiger partial charge in [0.1, 0.15) is 5.75 Å². The van der Waals surface area contributed by atoms with Crippen molar-refractivity contribution in [2.45, 2.75) is 6.54 Å². The standard InChI is InChI=1S/C14H13NO4/c1-2-7-15-8-6-10-11(14(15)18)4-3-5-12(10)19-9-13(16)17/h2-6,8H,1,7,9H2,(H,16,17). The Morgan fingerprint density at radius 1 is 1.37 bits per heavy atom. The molecule has 2 rings (SSSR count). The SMILES string of the molecule is C=CCn1ccc2c(OCC(=O)O)cccc2c1=O. The number of carbonyl (C=O) groups is 1. The lowest BCUT2D eigenvalue weighted by atomic mass is 10.1. The van der Waals surface area contributed by atoms with E-state index in [0.29, 0.717) is 23.1 Å². The first-order valence-electron chi connectivity index (χ1n) is 5.71.